The zero-order chi connectivity index (χ0) is 12.0. The van der Waals surface area contributed by atoms with Crippen molar-refractivity contribution in [1.29, 1.82) is 0 Å². The van der Waals surface area contributed by atoms with Gasteiger partial charge in [0.15, 0.2) is 0 Å². The molecule has 0 aromatic heterocycles. The van der Waals surface area contributed by atoms with Gasteiger partial charge in [-0.2, -0.15) is 0 Å². The molecule has 1 nitrogen and oxygen atoms in total. The van der Waals surface area contributed by atoms with Gasteiger partial charge in [-0.05, 0) is 49.0 Å². The van der Waals surface area contributed by atoms with Crippen molar-refractivity contribution in [3.05, 3.63) is 34.9 Å². The van der Waals surface area contributed by atoms with Crippen molar-refractivity contribution in [2.24, 2.45) is 5.41 Å². The number of benzene rings is 1. The summed E-state index contributed by atoms with van der Waals surface area (Å²) in [7, 11) is 0. The molecule has 2 heteroatoms. The van der Waals surface area contributed by atoms with Crippen LogP contribution in [0.25, 0.3) is 0 Å². The molecule has 1 aromatic rings. The standard InChI is InChI=1S/C14H22ClN/c1-4-16-9-8-14(2,3)11-12-6-5-7-13(15)10-12/h5-7,10,16H,4,8-9,11H2,1-3H3. The second-order valence-corrected chi connectivity index (χ2v) is 5.51. The van der Waals surface area contributed by atoms with Gasteiger partial charge in [-0.1, -0.05) is 44.5 Å². The predicted molar refractivity (Wildman–Crippen MR) is 72.1 cm³/mol. The van der Waals surface area contributed by atoms with Crippen LogP contribution < -0.4 is 5.32 Å². The van der Waals surface area contributed by atoms with E-state index in [1.165, 1.54) is 12.0 Å². The van der Waals surface area contributed by atoms with E-state index in [1.807, 2.05) is 12.1 Å². The Morgan fingerprint density at radius 1 is 1.31 bits per heavy atom. The molecule has 0 bridgehead atoms. The summed E-state index contributed by atoms with van der Waals surface area (Å²) in [5, 5.41) is 4.21. The molecule has 1 N–H and O–H groups in total. The first kappa shape index (κ1) is 13.5. The highest BCUT2D eigenvalue weighted by molar-refractivity contribution is 6.30. The van der Waals surface area contributed by atoms with Crippen molar-refractivity contribution in [1.82, 2.24) is 5.32 Å². The van der Waals surface area contributed by atoms with Crippen LogP contribution in [-0.2, 0) is 6.42 Å². The van der Waals surface area contributed by atoms with Gasteiger partial charge in [0.1, 0.15) is 0 Å². The first-order valence-corrected chi connectivity index (χ1v) is 6.36. The Morgan fingerprint density at radius 2 is 2.06 bits per heavy atom. The lowest BCUT2D eigenvalue weighted by atomic mass is 9.83. The molecular weight excluding hydrogens is 218 g/mol. The maximum Gasteiger partial charge on any atom is 0.0408 e. The summed E-state index contributed by atoms with van der Waals surface area (Å²) in [6, 6.07) is 8.17. The molecule has 0 fully saturated rings. The van der Waals surface area contributed by atoms with Gasteiger partial charge in [0.05, 0.1) is 0 Å². The number of hydrogen-bond acceptors (Lipinski definition) is 1. The lowest BCUT2D eigenvalue weighted by Crippen LogP contribution is -2.23. The van der Waals surface area contributed by atoms with E-state index in [9.17, 15) is 0 Å². The van der Waals surface area contributed by atoms with Gasteiger partial charge >= 0.3 is 0 Å². The van der Waals surface area contributed by atoms with Gasteiger partial charge in [0.2, 0.25) is 0 Å². The van der Waals surface area contributed by atoms with E-state index in [1.54, 1.807) is 0 Å². The van der Waals surface area contributed by atoms with E-state index < -0.39 is 0 Å². The smallest absolute Gasteiger partial charge is 0.0408 e. The number of nitrogens with one attached hydrogen (secondary N) is 1. The van der Waals surface area contributed by atoms with Crippen molar-refractivity contribution in [2.45, 2.75) is 33.6 Å². The number of halogens is 1. The molecule has 0 saturated carbocycles. The van der Waals surface area contributed by atoms with Crippen molar-refractivity contribution in [3.8, 4) is 0 Å². The number of hydrogen-bond donors (Lipinski definition) is 1. The molecule has 0 saturated heterocycles. The van der Waals surface area contributed by atoms with Crippen LogP contribution in [0.1, 0.15) is 32.8 Å². The molecular formula is C14H22ClN. The van der Waals surface area contributed by atoms with Crippen LogP contribution in [0.3, 0.4) is 0 Å². The Morgan fingerprint density at radius 3 is 2.69 bits per heavy atom. The zero-order valence-corrected chi connectivity index (χ0v) is 11.3. The highest BCUT2D eigenvalue weighted by Crippen LogP contribution is 2.26. The minimum atomic E-state index is 0.326. The fraction of sp³-hybridized carbons (Fsp3) is 0.571. The van der Waals surface area contributed by atoms with E-state index >= 15 is 0 Å². The van der Waals surface area contributed by atoms with Gasteiger partial charge < -0.3 is 5.32 Å². The normalized spacial score (nSPS) is 11.8. The molecule has 1 aromatic carbocycles. The average molecular weight is 240 g/mol. The summed E-state index contributed by atoms with van der Waals surface area (Å²) in [6.07, 6.45) is 2.27. The van der Waals surface area contributed by atoms with Crippen molar-refractivity contribution >= 4 is 11.6 Å². The lowest BCUT2D eigenvalue weighted by Gasteiger charge is -2.25. The Hall–Kier alpha value is -0.530. The maximum absolute atomic E-state index is 5.99. The molecule has 1 rings (SSSR count). The Balaban J connectivity index is 2.51. The molecule has 90 valence electrons. The van der Waals surface area contributed by atoms with E-state index in [0.717, 1.165) is 24.5 Å². The van der Waals surface area contributed by atoms with Crippen LogP contribution in [0.2, 0.25) is 5.02 Å². The topological polar surface area (TPSA) is 12.0 Å². The number of rotatable bonds is 6. The molecule has 0 spiro atoms. The van der Waals surface area contributed by atoms with E-state index in [2.05, 4.69) is 38.2 Å². The predicted octanol–water partition coefficient (Wildman–Crippen LogP) is 3.91. The highest BCUT2D eigenvalue weighted by atomic mass is 35.5. The molecule has 0 heterocycles. The van der Waals surface area contributed by atoms with Crippen LogP contribution in [0.4, 0.5) is 0 Å². The van der Waals surface area contributed by atoms with Crippen molar-refractivity contribution < 1.29 is 0 Å². The van der Waals surface area contributed by atoms with Gasteiger partial charge in [-0.25, -0.2) is 0 Å². The summed E-state index contributed by atoms with van der Waals surface area (Å²) in [5.41, 5.74) is 1.65. The Bertz CT molecular complexity index is 320. The van der Waals surface area contributed by atoms with Crippen molar-refractivity contribution in [3.63, 3.8) is 0 Å². The minimum absolute atomic E-state index is 0.326. The largest absolute Gasteiger partial charge is 0.317 e. The van der Waals surface area contributed by atoms with Crippen LogP contribution in [0, 0.1) is 5.41 Å². The first-order valence-electron chi connectivity index (χ1n) is 5.99. The Labute approximate surface area is 104 Å². The molecule has 0 aliphatic rings. The second-order valence-electron chi connectivity index (χ2n) is 5.07. The van der Waals surface area contributed by atoms with E-state index in [-0.39, 0.29) is 0 Å². The molecule has 0 radical (unpaired) electrons. The average Bonchev–Trinajstić information content (AvgIpc) is 2.17. The van der Waals surface area contributed by atoms with E-state index in [0.29, 0.717) is 5.41 Å². The molecule has 0 aliphatic carbocycles. The third kappa shape index (κ3) is 5.00. The molecule has 0 unspecified atom stereocenters. The van der Waals surface area contributed by atoms with Gasteiger partial charge in [0.25, 0.3) is 0 Å². The second kappa shape index (κ2) is 6.27. The van der Waals surface area contributed by atoms with Crippen LogP contribution in [0.15, 0.2) is 24.3 Å². The third-order valence-electron chi connectivity index (χ3n) is 2.80. The van der Waals surface area contributed by atoms with E-state index in [4.69, 9.17) is 11.6 Å². The van der Waals surface area contributed by atoms with Crippen LogP contribution in [0.5, 0.6) is 0 Å². The molecule has 16 heavy (non-hydrogen) atoms. The summed E-state index contributed by atoms with van der Waals surface area (Å²) in [4.78, 5) is 0. The quantitative estimate of drug-likeness (QED) is 0.743. The first-order chi connectivity index (χ1) is 7.53. The third-order valence-corrected chi connectivity index (χ3v) is 3.04. The SMILES string of the molecule is CCNCCC(C)(C)Cc1cccc(Cl)c1. The lowest BCUT2D eigenvalue weighted by molar-refractivity contribution is 0.327. The highest BCUT2D eigenvalue weighted by Gasteiger charge is 2.17. The summed E-state index contributed by atoms with van der Waals surface area (Å²) < 4.78 is 0. The van der Waals surface area contributed by atoms with Gasteiger partial charge in [0, 0.05) is 5.02 Å². The molecule has 0 amide bonds. The fourth-order valence-corrected chi connectivity index (χ4v) is 2.10. The maximum atomic E-state index is 5.99. The van der Waals surface area contributed by atoms with Crippen molar-refractivity contribution in [2.75, 3.05) is 13.1 Å². The zero-order valence-electron chi connectivity index (χ0n) is 10.5. The van der Waals surface area contributed by atoms with Gasteiger partial charge in [-0.3, -0.25) is 0 Å². The minimum Gasteiger partial charge on any atom is -0.317 e. The monoisotopic (exact) mass is 239 g/mol. The van der Waals surface area contributed by atoms with Crippen LogP contribution in [-0.4, -0.2) is 13.1 Å². The summed E-state index contributed by atoms with van der Waals surface area (Å²) in [5.74, 6) is 0. The van der Waals surface area contributed by atoms with Gasteiger partial charge in [-0.15, -0.1) is 0 Å². The molecule has 0 aliphatic heterocycles. The Kier molecular flexibility index (Phi) is 5.30. The van der Waals surface area contributed by atoms with Crippen LogP contribution >= 0.6 is 11.6 Å². The summed E-state index contributed by atoms with van der Waals surface area (Å²) >= 11 is 5.99. The molecule has 0 atom stereocenters. The summed E-state index contributed by atoms with van der Waals surface area (Å²) in [6.45, 7) is 8.90. The fourth-order valence-electron chi connectivity index (χ4n) is 1.89.